The van der Waals surface area contributed by atoms with Crippen molar-refractivity contribution in [3.05, 3.63) is 94.7 Å². The van der Waals surface area contributed by atoms with Gasteiger partial charge in [0.1, 0.15) is 29.9 Å². The van der Waals surface area contributed by atoms with Crippen LogP contribution in [0.4, 0.5) is 17.6 Å². The van der Waals surface area contributed by atoms with E-state index in [1.807, 2.05) is 0 Å². The third-order valence-corrected chi connectivity index (χ3v) is 5.06. The molecule has 0 N–H and O–H groups in total. The highest BCUT2D eigenvalue weighted by atomic mass is 19.1. The van der Waals surface area contributed by atoms with Crippen LogP contribution in [-0.2, 0) is 20.9 Å². The van der Waals surface area contributed by atoms with Crippen LogP contribution in [0.2, 0.25) is 0 Å². The second kappa shape index (κ2) is 9.16. The number of ether oxygens (including phenoxy) is 1. The highest BCUT2D eigenvalue weighted by Crippen LogP contribution is 2.39. The van der Waals surface area contributed by atoms with Crippen molar-refractivity contribution in [2.75, 3.05) is 6.61 Å². The van der Waals surface area contributed by atoms with Crippen LogP contribution in [0.1, 0.15) is 30.4 Å². The van der Waals surface area contributed by atoms with Gasteiger partial charge in [-0.3, -0.25) is 4.79 Å². The van der Waals surface area contributed by atoms with Crippen LogP contribution in [0.5, 0.6) is 0 Å². The molecule has 1 atom stereocenters. The Morgan fingerprint density at radius 1 is 1.13 bits per heavy atom. The minimum absolute atomic E-state index is 0.00511. The molecule has 31 heavy (non-hydrogen) atoms. The number of amides is 1. The van der Waals surface area contributed by atoms with E-state index in [2.05, 4.69) is 6.58 Å². The summed E-state index contributed by atoms with van der Waals surface area (Å²) >= 11 is 0. The molecule has 0 saturated carbocycles. The van der Waals surface area contributed by atoms with E-state index >= 15 is 0 Å². The first-order valence-electron chi connectivity index (χ1n) is 9.41. The lowest BCUT2D eigenvalue weighted by Crippen LogP contribution is -2.38. The summed E-state index contributed by atoms with van der Waals surface area (Å²) in [5, 5.41) is 0. The van der Waals surface area contributed by atoms with E-state index in [1.54, 1.807) is 0 Å². The van der Waals surface area contributed by atoms with Gasteiger partial charge in [-0.25, -0.2) is 22.4 Å². The molecule has 0 bridgehead atoms. The van der Waals surface area contributed by atoms with Crippen LogP contribution in [0, 0.1) is 23.3 Å². The second-order valence-corrected chi connectivity index (χ2v) is 7.02. The van der Waals surface area contributed by atoms with Gasteiger partial charge < -0.3 is 9.64 Å². The number of esters is 1. The third kappa shape index (κ3) is 4.68. The number of allylic oxidation sites excluding steroid dienone is 1. The molecule has 1 aliphatic rings. The Bertz CT molecular complexity index is 1080. The topological polar surface area (TPSA) is 46.6 Å². The summed E-state index contributed by atoms with van der Waals surface area (Å²) in [6.07, 6.45) is 1.03. The van der Waals surface area contributed by atoms with Gasteiger partial charge in [0.15, 0.2) is 0 Å². The molecule has 1 aliphatic heterocycles. The molecule has 0 aliphatic carbocycles. The largest absolute Gasteiger partial charge is 0.458 e. The van der Waals surface area contributed by atoms with Crippen molar-refractivity contribution in [2.45, 2.75) is 25.8 Å². The van der Waals surface area contributed by atoms with Gasteiger partial charge in [0.25, 0.3) is 0 Å². The summed E-state index contributed by atoms with van der Waals surface area (Å²) in [5.41, 5.74) is 0.142. The van der Waals surface area contributed by atoms with E-state index < -0.39 is 41.1 Å². The molecule has 4 nitrogen and oxygen atoms in total. The molecule has 2 aromatic carbocycles. The Morgan fingerprint density at radius 2 is 1.77 bits per heavy atom. The lowest BCUT2D eigenvalue weighted by atomic mass is 9.83. The molecule has 3 rings (SSSR count). The minimum Gasteiger partial charge on any atom is -0.458 e. The molecule has 2 aromatic rings. The van der Waals surface area contributed by atoms with E-state index in [9.17, 15) is 27.2 Å². The van der Waals surface area contributed by atoms with Gasteiger partial charge in [-0.15, -0.1) is 0 Å². The van der Waals surface area contributed by atoms with E-state index in [0.717, 1.165) is 12.1 Å². The zero-order valence-corrected chi connectivity index (χ0v) is 16.6. The summed E-state index contributed by atoms with van der Waals surface area (Å²) in [4.78, 5) is 26.8. The Balaban J connectivity index is 2.07. The summed E-state index contributed by atoms with van der Waals surface area (Å²) < 4.78 is 60.3. The number of nitrogens with zero attached hydrogens (tertiary/aromatic N) is 1. The molecule has 0 radical (unpaired) electrons. The number of rotatable bonds is 6. The van der Waals surface area contributed by atoms with Crippen molar-refractivity contribution in [1.82, 2.24) is 4.90 Å². The molecule has 0 spiro atoms. The van der Waals surface area contributed by atoms with E-state index in [0.29, 0.717) is 12.1 Å². The molecule has 1 amide bonds. The maximum Gasteiger partial charge on any atom is 0.336 e. The predicted molar refractivity (Wildman–Crippen MR) is 104 cm³/mol. The monoisotopic (exact) mass is 433 g/mol. The minimum atomic E-state index is -1.01. The highest BCUT2D eigenvalue weighted by Gasteiger charge is 2.38. The molecular formula is C23H19F4NO3. The van der Waals surface area contributed by atoms with E-state index in [-0.39, 0.29) is 42.0 Å². The third-order valence-electron chi connectivity index (χ3n) is 5.06. The first-order valence-corrected chi connectivity index (χ1v) is 9.41. The standard InChI is InChI=1S/C23H19F4NO3/c1-3-8-31-23(30)22-13(2)28(12-14-4-5-15(24)9-19(14)26)21(29)11-18(22)17-7-6-16(25)10-20(17)27/h3-7,9-10,18H,1,8,11-12H2,2H3/t18-/m1/s1. The zero-order valence-electron chi connectivity index (χ0n) is 16.6. The number of benzene rings is 2. The summed E-state index contributed by atoms with van der Waals surface area (Å²) in [6, 6.07) is 5.83. The maximum atomic E-state index is 14.5. The SMILES string of the molecule is C=CCOC(=O)C1=C(C)N(Cc2ccc(F)cc2F)C(=O)C[C@@H]1c1ccc(F)cc1F. The van der Waals surface area contributed by atoms with Crippen LogP contribution in [-0.4, -0.2) is 23.4 Å². The lowest BCUT2D eigenvalue weighted by molar-refractivity contribution is -0.139. The quantitative estimate of drug-likeness (QED) is 0.375. The zero-order chi connectivity index (χ0) is 22.7. The van der Waals surface area contributed by atoms with Gasteiger partial charge in [-0.05, 0) is 24.6 Å². The molecule has 0 fully saturated rings. The van der Waals surface area contributed by atoms with Crippen molar-refractivity contribution in [1.29, 1.82) is 0 Å². The smallest absolute Gasteiger partial charge is 0.336 e. The summed E-state index contributed by atoms with van der Waals surface area (Å²) in [6.45, 7) is 4.55. The average Bonchev–Trinajstić information content (AvgIpc) is 2.70. The number of carbonyl (C=O) groups is 2. The lowest BCUT2D eigenvalue weighted by Gasteiger charge is -2.34. The second-order valence-electron chi connectivity index (χ2n) is 7.02. The van der Waals surface area contributed by atoms with E-state index in [1.165, 1.54) is 30.0 Å². The van der Waals surface area contributed by atoms with Crippen LogP contribution >= 0.6 is 0 Å². The number of carbonyl (C=O) groups excluding carboxylic acids is 2. The van der Waals surface area contributed by atoms with E-state index in [4.69, 9.17) is 4.74 Å². The molecule has 8 heteroatoms. The van der Waals surface area contributed by atoms with Crippen molar-refractivity contribution < 1.29 is 31.9 Å². The number of halogens is 4. The molecule has 0 saturated heterocycles. The summed E-state index contributed by atoms with van der Waals surface area (Å²) in [7, 11) is 0. The number of hydrogen-bond donors (Lipinski definition) is 0. The Hall–Kier alpha value is -3.42. The highest BCUT2D eigenvalue weighted by molar-refractivity contribution is 5.96. The fraction of sp³-hybridized carbons (Fsp3) is 0.217. The predicted octanol–water partition coefficient (Wildman–Crippen LogP) is 4.76. The molecule has 0 unspecified atom stereocenters. The van der Waals surface area contributed by atoms with Crippen molar-refractivity contribution >= 4 is 11.9 Å². The van der Waals surface area contributed by atoms with Gasteiger partial charge in [0.2, 0.25) is 5.91 Å². The number of hydrogen-bond acceptors (Lipinski definition) is 3. The average molecular weight is 433 g/mol. The van der Waals surface area contributed by atoms with Gasteiger partial charge in [0.05, 0.1) is 12.1 Å². The Labute approximate surface area is 176 Å². The first kappa shape index (κ1) is 22.3. The van der Waals surface area contributed by atoms with Gasteiger partial charge in [0, 0.05) is 35.7 Å². The normalized spacial score (nSPS) is 16.5. The first-order chi connectivity index (χ1) is 14.7. The van der Waals surface area contributed by atoms with Gasteiger partial charge in [-0.2, -0.15) is 0 Å². The van der Waals surface area contributed by atoms with Crippen molar-refractivity contribution in [3.8, 4) is 0 Å². The molecule has 1 heterocycles. The fourth-order valence-corrected chi connectivity index (χ4v) is 3.55. The van der Waals surface area contributed by atoms with Crippen molar-refractivity contribution in [2.24, 2.45) is 0 Å². The fourth-order valence-electron chi connectivity index (χ4n) is 3.55. The Kier molecular flexibility index (Phi) is 6.58. The van der Waals surface area contributed by atoms with Crippen LogP contribution in [0.25, 0.3) is 0 Å². The van der Waals surface area contributed by atoms with Crippen LogP contribution in [0.3, 0.4) is 0 Å². The molecule has 162 valence electrons. The maximum absolute atomic E-state index is 14.5. The molecular weight excluding hydrogens is 414 g/mol. The molecule has 0 aromatic heterocycles. The van der Waals surface area contributed by atoms with Crippen LogP contribution < -0.4 is 0 Å². The van der Waals surface area contributed by atoms with Crippen LogP contribution in [0.15, 0.2) is 60.3 Å². The van der Waals surface area contributed by atoms with Crippen molar-refractivity contribution in [3.63, 3.8) is 0 Å². The van der Waals surface area contributed by atoms with Gasteiger partial charge >= 0.3 is 5.97 Å². The summed E-state index contributed by atoms with van der Waals surface area (Å²) in [5.74, 6) is -5.63. The Morgan fingerprint density at radius 3 is 2.39 bits per heavy atom. The van der Waals surface area contributed by atoms with Gasteiger partial charge in [-0.1, -0.05) is 24.8 Å².